The van der Waals surface area contributed by atoms with Gasteiger partial charge >= 0.3 is 0 Å². The van der Waals surface area contributed by atoms with E-state index in [1.165, 1.54) is 12.8 Å². The summed E-state index contributed by atoms with van der Waals surface area (Å²) in [6, 6.07) is 5.43. The van der Waals surface area contributed by atoms with Gasteiger partial charge in [-0.2, -0.15) is 0 Å². The number of anilines is 1. The van der Waals surface area contributed by atoms with Crippen LogP contribution < -0.4 is 5.73 Å². The molecule has 0 spiro atoms. The fourth-order valence-corrected chi connectivity index (χ4v) is 3.70. The molecule has 112 valence electrons. The van der Waals surface area contributed by atoms with Crippen molar-refractivity contribution in [2.45, 2.75) is 38.5 Å². The maximum absolute atomic E-state index is 6.32. The molecule has 1 saturated carbocycles. The molecule has 0 radical (unpaired) electrons. The lowest BCUT2D eigenvalue weighted by Crippen LogP contribution is -2.12. The minimum absolute atomic E-state index is 0.290. The molecule has 3 rings (SSSR count). The molecule has 0 bridgehead atoms. The molecular weight excluding hydrogens is 307 g/mol. The first kappa shape index (κ1) is 14.7. The molecule has 2 N–H and O–H groups in total. The van der Waals surface area contributed by atoms with Crippen LogP contribution in [0.25, 0.3) is 11.1 Å². The van der Waals surface area contributed by atoms with Crippen LogP contribution >= 0.6 is 23.2 Å². The molecule has 21 heavy (non-hydrogen) atoms. The van der Waals surface area contributed by atoms with Crippen LogP contribution in [0.1, 0.15) is 44.2 Å². The zero-order valence-electron chi connectivity index (χ0n) is 11.9. The molecule has 1 aliphatic carbocycles. The van der Waals surface area contributed by atoms with Crippen molar-refractivity contribution in [1.29, 1.82) is 0 Å². The Kier molecular flexibility index (Phi) is 4.14. The van der Waals surface area contributed by atoms with Gasteiger partial charge in [-0.1, -0.05) is 54.2 Å². The van der Waals surface area contributed by atoms with Crippen molar-refractivity contribution >= 4 is 29.1 Å². The summed E-state index contributed by atoms with van der Waals surface area (Å²) in [7, 11) is 0. The molecule has 1 aromatic carbocycles. The first-order valence-corrected chi connectivity index (χ1v) is 8.03. The summed E-state index contributed by atoms with van der Waals surface area (Å²) in [5, 5.41) is 5.35. The summed E-state index contributed by atoms with van der Waals surface area (Å²) < 4.78 is 5.25. The van der Waals surface area contributed by atoms with Crippen LogP contribution in [-0.4, -0.2) is 5.16 Å². The number of nitrogens with two attached hydrogens (primary N) is 1. The highest BCUT2D eigenvalue weighted by molar-refractivity contribution is 6.39. The van der Waals surface area contributed by atoms with Crippen LogP contribution in [0.3, 0.4) is 0 Å². The van der Waals surface area contributed by atoms with Crippen LogP contribution in [0.2, 0.25) is 10.0 Å². The first-order chi connectivity index (χ1) is 10.1. The van der Waals surface area contributed by atoms with Gasteiger partial charge in [0.15, 0.2) is 0 Å². The van der Waals surface area contributed by atoms with Gasteiger partial charge in [0, 0.05) is 11.5 Å². The molecule has 1 heterocycles. The Morgan fingerprint density at radius 2 is 1.71 bits per heavy atom. The quantitative estimate of drug-likeness (QED) is 0.790. The molecule has 3 nitrogen and oxygen atoms in total. The number of hydrogen-bond acceptors (Lipinski definition) is 3. The molecule has 0 atom stereocenters. The third-order valence-electron chi connectivity index (χ3n) is 4.36. The molecule has 1 aromatic heterocycles. The summed E-state index contributed by atoms with van der Waals surface area (Å²) in [5.41, 5.74) is 8.39. The Labute approximate surface area is 134 Å². The molecule has 5 heteroatoms. The highest BCUT2D eigenvalue weighted by Crippen LogP contribution is 2.45. The van der Waals surface area contributed by atoms with Gasteiger partial charge < -0.3 is 10.3 Å². The van der Waals surface area contributed by atoms with E-state index in [0.29, 0.717) is 21.8 Å². The number of nitrogens with zero attached hydrogens (tertiary/aromatic N) is 1. The fraction of sp³-hybridized carbons (Fsp3) is 0.438. The lowest BCUT2D eigenvalue weighted by Gasteiger charge is -2.25. The van der Waals surface area contributed by atoms with Gasteiger partial charge in [0.2, 0.25) is 5.88 Å². The van der Waals surface area contributed by atoms with Crippen molar-refractivity contribution in [3.05, 3.63) is 33.9 Å². The van der Waals surface area contributed by atoms with Gasteiger partial charge in [-0.3, -0.25) is 0 Å². The molecular formula is C16H18Cl2N2O. The summed E-state index contributed by atoms with van der Waals surface area (Å²) in [4.78, 5) is 0. The van der Waals surface area contributed by atoms with Crippen molar-refractivity contribution in [3.63, 3.8) is 0 Å². The predicted octanol–water partition coefficient (Wildman–Crippen LogP) is 5.52. The highest BCUT2D eigenvalue weighted by atomic mass is 35.5. The Hall–Kier alpha value is -1.19. The van der Waals surface area contributed by atoms with E-state index < -0.39 is 0 Å². The maximum atomic E-state index is 6.32. The lowest BCUT2D eigenvalue weighted by atomic mass is 9.80. The van der Waals surface area contributed by atoms with Crippen molar-refractivity contribution in [2.75, 3.05) is 5.73 Å². The molecule has 1 fully saturated rings. The number of rotatable bonds is 2. The Morgan fingerprint density at radius 1 is 1.10 bits per heavy atom. The van der Waals surface area contributed by atoms with Gasteiger partial charge in [-0.25, -0.2) is 0 Å². The van der Waals surface area contributed by atoms with Crippen LogP contribution in [0, 0.1) is 5.92 Å². The Morgan fingerprint density at radius 3 is 2.33 bits per heavy atom. The zero-order chi connectivity index (χ0) is 15.0. The third-order valence-corrected chi connectivity index (χ3v) is 4.99. The lowest BCUT2D eigenvalue weighted by molar-refractivity contribution is 0.331. The van der Waals surface area contributed by atoms with E-state index >= 15 is 0 Å². The van der Waals surface area contributed by atoms with Crippen LogP contribution in [0.5, 0.6) is 0 Å². The second-order valence-electron chi connectivity index (χ2n) is 5.86. The summed E-state index contributed by atoms with van der Waals surface area (Å²) in [6.07, 6.45) is 4.60. The van der Waals surface area contributed by atoms with E-state index in [-0.39, 0.29) is 0 Å². The standard InChI is InChI=1S/C16H18Cl2N2O/c1-9-5-7-10(8-6-9)15-14(16(19)21-20-15)13-11(17)3-2-4-12(13)18/h2-4,9-10H,5-8,19H2,1H3. The zero-order valence-corrected chi connectivity index (χ0v) is 13.4. The van der Waals surface area contributed by atoms with E-state index in [0.717, 1.165) is 35.6 Å². The number of halogens is 2. The van der Waals surface area contributed by atoms with Crippen molar-refractivity contribution in [1.82, 2.24) is 5.16 Å². The average Bonchev–Trinajstić information content (AvgIpc) is 2.82. The summed E-state index contributed by atoms with van der Waals surface area (Å²) in [5.74, 6) is 1.43. The van der Waals surface area contributed by atoms with Gasteiger partial charge in [0.05, 0.1) is 21.3 Å². The van der Waals surface area contributed by atoms with Crippen LogP contribution in [0.15, 0.2) is 22.7 Å². The summed E-state index contributed by atoms with van der Waals surface area (Å²) >= 11 is 12.6. The number of benzene rings is 1. The van der Waals surface area contributed by atoms with Gasteiger partial charge in [0.1, 0.15) is 0 Å². The van der Waals surface area contributed by atoms with Crippen molar-refractivity contribution in [2.24, 2.45) is 5.92 Å². The van der Waals surface area contributed by atoms with Crippen LogP contribution in [0.4, 0.5) is 5.88 Å². The smallest absolute Gasteiger partial charge is 0.230 e. The average molecular weight is 325 g/mol. The molecule has 0 unspecified atom stereocenters. The van der Waals surface area contributed by atoms with Crippen molar-refractivity contribution in [3.8, 4) is 11.1 Å². The fourth-order valence-electron chi connectivity index (χ4n) is 3.12. The van der Waals surface area contributed by atoms with E-state index in [9.17, 15) is 0 Å². The second kappa shape index (κ2) is 5.90. The maximum Gasteiger partial charge on any atom is 0.230 e. The van der Waals surface area contributed by atoms with Gasteiger partial charge in [-0.05, 0) is 30.9 Å². The Bertz CT molecular complexity index is 625. The normalized spacial score (nSPS) is 22.4. The SMILES string of the molecule is CC1CCC(c2noc(N)c2-c2c(Cl)cccc2Cl)CC1. The minimum Gasteiger partial charge on any atom is -0.367 e. The van der Waals surface area contributed by atoms with Gasteiger partial charge in [0.25, 0.3) is 0 Å². The molecule has 0 saturated heterocycles. The van der Waals surface area contributed by atoms with Crippen molar-refractivity contribution < 1.29 is 4.52 Å². The predicted molar refractivity (Wildman–Crippen MR) is 86.7 cm³/mol. The van der Waals surface area contributed by atoms with E-state index in [4.69, 9.17) is 33.5 Å². The molecule has 2 aromatic rings. The van der Waals surface area contributed by atoms with Gasteiger partial charge in [-0.15, -0.1) is 0 Å². The van der Waals surface area contributed by atoms with Crippen LogP contribution in [-0.2, 0) is 0 Å². The number of aromatic nitrogens is 1. The summed E-state index contributed by atoms with van der Waals surface area (Å²) in [6.45, 7) is 2.29. The largest absolute Gasteiger partial charge is 0.367 e. The first-order valence-electron chi connectivity index (χ1n) is 7.27. The van der Waals surface area contributed by atoms with E-state index in [1.807, 2.05) is 18.2 Å². The highest BCUT2D eigenvalue weighted by Gasteiger charge is 2.29. The van der Waals surface area contributed by atoms with E-state index in [1.54, 1.807) is 0 Å². The second-order valence-corrected chi connectivity index (χ2v) is 6.67. The number of nitrogen functional groups attached to an aromatic ring is 1. The molecule has 0 aliphatic heterocycles. The molecule has 1 aliphatic rings. The monoisotopic (exact) mass is 324 g/mol. The topological polar surface area (TPSA) is 52.0 Å². The molecule has 0 amide bonds. The van der Waals surface area contributed by atoms with E-state index in [2.05, 4.69) is 12.1 Å². The Balaban J connectivity index is 2.05. The number of hydrogen-bond donors (Lipinski definition) is 1. The minimum atomic E-state index is 0.290. The third kappa shape index (κ3) is 2.77.